The summed E-state index contributed by atoms with van der Waals surface area (Å²) in [4.78, 5) is 0. The van der Waals surface area contributed by atoms with Crippen molar-refractivity contribution in [1.82, 2.24) is 0 Å². The fraction of sp³-hybridized carbons (Fsp3) is 0.750. The molecule has 1 unspecified atom stereocenters. The van der Waals surface area contributed by atoms with E-state index in [1.54, 1.807) is 5.70 Å². The van der Waals surface area contributed by atoms with Gasteiger partial charge in [0.25, 0.3) is 0 Å². The van der Waals surface area contributed by atoms with Crippen molar-refractivity contribution in [2.45, 2.75) is 26.4 Å². The highest BCUT2D eigenvalue weighted by molar-refractivity contribution is 6.74. The summed E-state index contributed by atoms with van der Waals surface area (Å²) >= 11 is 0. The lowest BCUT2D eigenvalue weighted by atomic mass is 10.8. The predicted octanol–water partition coefficient (Wildman–Crippen LogP) is 1.11. The molecule has 0 rings (SSSR count). The van der Waals surface area contributed by atoms with Crippen LogP contribution in [0, 0.1) is 0 Å². The van der Waals surface area contributed by atoms with Crippen molar-refractivity contribution in [2.24, 2.45) is 5.73 Å². The van der Waals surface area contributed by atoms with Crippen LogP contribution in [0.4, 0.5) is 0 Å². The van der Waals surface area contributed by atoms with Crippen LogP contribution < -0.4 is 5.73 Å². The first-order chi connectivity index (χ1) is 5.63. The van der Waals surface area contributed by atoms with Gasteiger partial charge in [0.15, 0.2) is 0 Å². The standard InChI is InChI=1S/C8H19NO2Si/c1-5-10-12(7-3,8(4)9)11-6-2/h7-8H,3,5-6,9H2,1-2,4H3. The Hall–Kier alpha value is -0.163. The minimum atomic E-state index is -2.31. The number of hydrogen-bond donors (Lipinski definition) is 1. The Morgan fingerprint density at radius 1 is 1.42 bits per heavy atom. The summed E-state index contributed by atoms with van der Waals surface area (Å²) < 4.78 is 11.1. The van der Waals surface area contributed by atoms with Gasteiger partial charge in [0, 0.05) is 18.9 Å². The van der Waals surface area contributed by atoms with Crippen molar-refractivity contribution in [3.8, 4) is 0 Å². The quantitative estimate of drug-likeness (QED) is 0.637. The molecule has 0 aromatic heterocycles. The maximum absolute atomic E-state index is 5.79. The molecule has 0 fully saturated rings. The highest BCUT2D eigenvalue weighted by Crippen LogP contribution is 2.12. The van der Waals surface area contributed by atoms with Crippen molar-refractivity contribution in [1.29, 1.82) is 0 Å². The minimum Gasteiger partial charge on any atom is -0.391 e. The van der Waals surface area contributed by atoms with Crippen molar-refractivity contribution in [3.05, 3.63) is 12.3 Å². The summed E-state index contributed by atoms with van der Waals surface area (Å²) in [5, 5.41) is 0. The van der Waals surface area contributed by atoms with E-state index < -0.39 is 8.56 Å². The van der Waals surface area contributed by atoms with Gasteiger partial charge in [-0.05, 0) is 26.5 Å². The SMILES string of the molecule is C=C[Si](OCC)(OCC)C(C)N. The first-order valence-corrected chi connectivity index (χ1v) is 6.27. The van der Waals surface area contributed by atoms with Gasteiger partial charge in [-0.3, -0.25) is 0 Å². The smallest absolute Gasteiger partial charge is 0.381 e. The van der Waals surface area contributed by atoms with E-state index in [2.05, 4.69) is 6.58 Å². The molecule has 3 nitrogen and oxygen atoms in total. The number of hydrogen-bond acceptors (Lipinski definition) is 3. The molecule has 12 heavy (non-hydrogen) atoms. The average Bonchev–Trinajstić information content (AvgIpc) is 2.03. The Bertz CT molecular complexity index is 133. The highest BCUT2D eigenvalue weighted by Gasteiger charge is 2.38. The van der Waals surface area contributed by atoms with Crippen LogP contribution in [0.5, 0.6) is 0 Å². The molecule has 0 aliphatic heterocycles. The van der Waals surface area contributed by atoms with E-state index in [1.807, 2.05) is 20.8 Å². The summed E-state index contributed by atoms with van der Waals surface area (Å²) in [5.41, 5.74) is 7.48. The second kappa shape index (κ2) is 5.48. The van der Waals surface area contributed by atoms with E-state index in [0.29, 0.717) is 13.2 Å². The lowest BCUT2D eigenvalue weighted by molar-refractivity contribution is 0.187. The summed E-state index contributed by atoms with van der Waals surface area (Å²) in [7, 11) is -2.31. The van der Waals surface area contributed by atoms with Gasteiger partial charge in [-0.1, -0.05) is 0 Å². The van der Waals surface area contributed by atoms with E-state index in [9.17, 15) is 0 Å². The van der Waals surface area contributed by atoms with Crippen LogP contribution in [0.25, 0.3) is 0 Å². The van der Waals surface area contributed by atoms with Gasteiger partial charge in [-0.2, -0.15) is 0 Å². The molecule has 0 heterocycles. The van der Waals surface area contributed by atoms with E-state index >= 15 is 0 Å². The van der Waals surface area contributed by atoms with Crippen LogP contribution in [0.2, 0.25) is 0 Å². The molecule has 0 amide bonds. The molecular formula is C8H19NO2Si. The average molecular weight is 189 g/mol. The molecule has 0 radical (unpaired) electrons. The maximum Gasteiger partial charge on any atom is 0.381 e. The Morgan fingerprint density at radius 2 is 1.83 bits per heavy atom. The lowest BCUT2D eigenvalue weighted by Crippen LogP contribution is -2.55. The van der Waals surface area contributed by atoms with Gasteiger partial charge in [0.2, 0.25) is 0 Å². The van der Waals surface area contributed by atoms with Gasteiger partial charge >= 0.3 is 8.56 Å². The Morgan fingerprint density at radius 3 is 2.00 bits per heavy atom. The first kappa shape index (κ1) is 11.8. The Kier molecular flexibility index (Phi) is 5.40. The predicted molar refractivity (Wildman–Crippen MR) is 52.9 cm³/mol. The van der Waals surface area contributed by atoms with Crippen LogP contribution in [0.1, 0.15) is 20.8 Å². The van der Waals surface area contributed by atoms with E-state index in [0.717, 1.165) is 0 Å². The molecule has 0 saturated carbocycles. The summed E-state index contributed by atoms with van der Waals surface area (Å²) in [6.07, 6.45) is 0. The lowest BCUT2D eigenvalue weighted by Gasteiger charge is -2.29. The second-order valence-corrected chi connectivity index (χ2v) is 5.92. The Labute approximate surface area is 75.8 Å². The Balaban J connectivity index is 4.38. The molecule has 0 saturated heterocycles. The van der Waals surface area contributed by atoms with Crippen LogP contribution in [0.15, 0.2) is 12.3 Å². The first-order valence-electron chi connectivity index (χ1n) is 4.30. The van der Waals surface area contributed by atoms with Gasteiger partial charge in [-0.25, -0.2) is 0 Å². The van der Waals surface area contributed by atoms with Gasteiger partial charge in [-0.15, -0.1) is 6.58 Å². The normalized spacial score (nSPS) is 14.3. The van der Waals surface area contributed by atoms with Crippen molar-refractivity contribution in [2.75, 3.05) is 13.2 Å². The zero-order valence-corrected chi connectivity index (χ0v) is 9.17. The van der Waals surface area contributed by atoms with Gasteiger partial charge in [0.1, 0.15) is 0 Å². The monoisotopic (exact) mass is 189 g/mol. The molecule has 0 bridgehead atoms. The van der Waals surface area contributed by atoms with Crippen LogP contribution in [-0.2, 0) is 8.85 Å². The summed E-state index contributed by atoms with van der Waals surface area (Å²) in [6.45, 7) is 10.7. The third-order valence-electron chi connectivity index (χ3n) is 1.66. The van der Waals surface area contributed by atoms with Gasteiger partial charge in [0.05, 0.1) is 0 Å². The van der Waals surface area contributed by atoms with Crippen molar-refractivity contribution >= 4 is 8.56 Å². The molecule has 0 spiro atoms. The van der Waals surface area contributed by atoms with Crippen LogP contribution >= 0.6 is 0 Å². The fourth-order valence-electron chi connectivity index (χ4n) is 1.06. The largest absolute Gasteiger partial charge is 0.391 e. The summed E-state index contributed by atoms with van der Waals surface area (Å²) in [5.74, 6) is 0. The molecule has 4 heteroatoms. The van der Waals surface area contributed by atoms with Crippen molar-refractivity contribution < 1.29 is 8.85 Å². The molecule has 1 atom stereocenters. The second-order valence-electron chi connectivity index (χ2n) is 2.58. The van der Waals surface area contributed by atoms with Gasteiger partial charge < -0.3 is 14.6 Å². The molecule has 0 aliphatic carbocycles. The molecule has 0 aliphatic rings. The third kappa shape index (κ3) is 2.71. The molecule has 0 aromatic carbocycles. The van der Waals surface area contributed by atoms with Crippen LogP contribution in [0.3, 0.4) is 0 Å². The minimum absolute atomic E-state index is 0.0742. The summed E-state index contributed by atoms with van der Waals surface area (Å²) in [6, 6.07) is 0. The maximum atomic E-state index is 5.79. The van der Waals surface area contributed by atoms with Crippen LogP contribution in [-0.4, -0.2) is 27.4 Å². The highest BCUT2D eigenvalue weighted by atomic mass is 28.4. The zero-order valence-electron chi connectivity index (χ0n) is 8.17. The molecular weight excluding hydrogens is 170 g/mol. The van der Waals surface area contributed by atoms with E-state index in [4.69, 9.17) is 14.6 Å². The molecule has 72 valence electrons. The number of nitrogens with two attached hydrogens (primary N) is 1. The van der Waals surface area contributed by atoms with Crippen molar-refractivity contribution in [3.63, 3.8) is 0 Å². The number of rotatable bonds is 6. The van der Waals surface area contributed by atoms with E-state index in [-0.39, 0.29) is 5.67 Å². The molecule has 2 N–H and O–H groups in total. The zero-order chi connectivity index (χ0) is 9.61. The fourth-order valence-corrected chi connectivity index (χ4v) is 3.18. The topological polar surface area (TPSA) is 44.5 Å². The van der Waals surface area contributed by atoms with E-state index in [1.165, 1.54) is 0 Å². The molecule has 0 aromatic rings. The third-order valence-corrected chi connectivity index (χ3v) is 4.98.